The van der Waals surface area contributed by atoms with Crippen LogP contribution in [0.25, 0.3) is 84.3 Å². The summed E-state index contributed by atoms with van der Waals surface area (Å²) in [7, 11) is 0. The van der Waals surface area contributed by atoms with Crippen molar-refractivity contribution in [3.63, 3.8) is 0 Å². The summed E-state index contributed by atoms with van der Waals surface area (Å²) in [5.74, 6) is 0.159. The summed E-state index contributed by atoms with van der Waals surface area (Å²) in [6, 6.07) is 67.0. The van der Waals surface area contributed by atoms with Gasteiger partial charge >= 0.3 is 0 Å². The van der Waals surface area contributed by atoms with Crippen molar-refractivity contribution >= 4 is 102 Å². The fourth-order valence-corrected chi connectivity index (χ4v) is 13.0. The molecule has 11 aromatic rings. The van der Waals surface area contributed by atoms with E-state index < -0.39 is 0 Å². The molecule has 310 valence electrons. The first-order chi connectivity index (χ1) is 31.9. The van der Waals surface area contributed by atoms with Gasteiger partial charge in [-0.05, 0) is 123 Å². The third-order valence-corrected chi connectivity index (χ3v) is 16.0. The summed E-state index contributed by atoms with van der Waals surface area (Å²) in [6.45, 7) is 13.7. The zero-order valence-corrected chi connectivity index (χ0v) is 38.1. The molecule has 0 saturated carbocycles. The van der Waals surface area contributed by atoms with Gasteiger partial charge in [0, 0.05) is 57.4 Å². The average molecular weight is 868 g/mol. The summed E-state index contributed by atoms with van der Waals surface area (Å²) in [4.78, 5) is 5.84. The summed E-state index contributed by atoms with van der Waals surface area (Å²) < 4.78 is 5.15. The van der Waals surface area contributed by atoms with E-state index in [1.165, 1.54) is 89.7 Å². The van der Waals surface area contributed by atoms with Crippen molar-refractivity contribution in [2.45, 2.75) is 32.6 Å². The molecule has 3 heteroatoms. The predicted octanol–water partition coefficient (Wildman–Crippen LogP) is 18.0. The molecule has 1 nitrogen and oxygen atoms in total. The first-order valence-electron chi connectivity index (χ1n) is 22.5. The molecular formula is C62H45NS2. The molecule has 2 aromatic heterocycles. The zero-order chi connectivity index (χ0) is 43.8. The minimum Gasteiger partial charge on any atom is -0.247 e. The lowest BCUT2D eigenvalue weighted by atomic mass is 9.80. The lowest BCUT2D eigenvalue weighted by molar-refractivity contribution is 0.736. The third kappa shape index (κ3) is 6.52. The molecule has 0 saturated heterocycles. The van der Waals surface area contributed by atoms with Crippen LogP contribution in [0.2, 0.25) is 0 Å². The number of aliphatic imine (C=N–C) groups is 1. The Morgan fingerprint density at radius 2 is 1.17 bits per heavy atom. The number of nitrogens with zero attached hydrogens (tertiary/aromatic N) is 1. The van der Waals surface area contributed by atoms with Gasteiger partial charge in [-0.2, -0.15) is 0 Å². The van der Waals surface area contributed by atoms with E-state index in [0.717, 1.165) is 57.7 Å². The van der Waals surface area contributed by atoms with Gasteiger partial charge < -0.3 is 0 Å². The van der Waals surface area contributed by atoms with E-state index in [2.05, 4.69) is 202 Å². The summed E-state index contributed by atoms with van der Waals surface area (Å²) in [5.41, 5.74) is 14.9. The number of thiophene rings is 2. The van der Waals surface area contributed by atoms with Crippen molar-refractivity contribution in [1.82, 2.24) is 0 Å². The number of hydrogen-bond acceptors (Lipinski definition) is 3. The van der Waals surface area contributed by atoms with Crippen LogP contribution in [0.5, 0.6) is 0 Å². The molecule has 0 N–H and O–H groups in total. The zero-order valence-electron chi connectivity index (χ0n) is 36.5. The second kappa shape index (κ2) is 15.8. The van der Waals surface area contributed by atoms with Crippen molar-refractivity contribution in [2.24, 2.45) is 4.99 Å². The second-order valence-electron chi connectivity index (χ2n) is 17.5. The van der Waals surface area contributed by atoms with E-state index >= 15 is 0 Å². The van der Waals surface area contributed by atoms with E-state index in [-0.39, 0.29) is 5.92 Å². The highest BCUT2D eigenvalue weighted by Crippen LogP contribution is 2.53. The molecule has 1 aliphatic carbocycles. The first-order valence-corrected chi connectivity index (χ1v) is 24.1. The molecule has 0 spiro atoms. The Bertz CT molecular complexity index is 3840. The van der Waals surface area contributed by atoms with Gasteiger partial charge in [-0.25, -0.2) is 4.99 Å². The quantitative estimate of drug-likeness (QED) is 0.112. The molecule has 1 unspecified atom stereocenters. The van der Waals surface area contributed by atoms with Gasteiger partial charge in [0.1, 0.15) is 0 Å². The van der Waals surface area contributed by atoms with Crippen LogP contribution in [0.4, 0.5) is 0 Å². The maximum Gasteiger partial charge on any atom is 0.0757 e. The monoisotopic (exact) mass is 867 g/mol. The van der Waals surface area contributed by atoms with Crippen molar-refractivity contribution < 1.29 is 0 Å². The molecular weight excluding hydrogens is 823 g/mol. The maximum absolute atomic E-state index is 5.84. The minimum atomic E-state index is 0.159. The molecule has 2 heterocycles. The molecule has 0 bridgehead atoms. The van der Waals surface area contributed by atoms with E-state index in [4.69, 9.17) is 11.6 Å². The van der Waals surface area contributed by atoms with E-state index in [0.29, 0.717) is 0 Å². The Morgan fingerprint density at radius 3 is 1.95 bits per heavy atom. The molecule has 9 aromatic carbocycles. The van der Waals surface area contributed by atoms with Crippen molar-refractivity contribution in [1.29, 1.82) is 0 Å². The number of aryl methyl sites for hydroxylation is 1. The molecule has 1 atom stereocenters. The Hall–Kier alpha value is -7.17. The highest BCUT2D eigenvalue weighted by molar-refractivity contribution is 7.26. The fraction of sp³-hybridized carbons (Fsp3) is 0.0806. The first kappa shape index (κ1) is 39.4. The lowest BCUT2D eigenvalue weighted by Crippen LogP contribution is -2.06. The van der Waals surface area contributed by atoms with Crippen LogP contribution >= 0.6 is 22.7 Å². The van der Waals surface area contributed by atoms with Gasteiger partial charge in [0.25, 0.3) is 0 Å². The molecule has 0 fully saturated rings. The molecule has 0 amide bonds. The molecule has 65 heavy (non-hydrogen) atoms. The smallest absolute Gasteiger partial charge is 0.0757 e. The van der Waals surface area contributed by atoms with Crippen molar-refractivity contribution in [3.05, 3.63) is 240 Å². The predicted molar refractivity (Wildman–Crippen MR) is 285 cm³/mol. The number of allylic oxidation sites excluding steroid dienone is 3. The van der Waals surface area contributed by atoms with Gasteiger partial charge in [-0.15, -0.1) is 22.7 Å². The van der Waals surface area contributed by atoms with Crippen LogP contribution in [0.3, 0.4) is 0 Å². The van der Waals surface area contributed by atoms with E-state index in [1.807, 2.05) is 22.7 Å². The van der Waals surface area contributed by atoms with Crippen LogP contribution in [-0.2, 0) is 6.42 Å². The van der Waals surface area contributed by atoms with Crippen LogP contribution in [0, 0.1) is 0 Å². The second-order valence-corrected chi connectivity index (χ2v) is 19.7. The maximum atomic E-state index is 5.84. The van der Waals surface area contributed by atoms with E-state index in [1.54, 1.807) is 0 Å². The van der Waals surface area contributed by atoms with Crippen molar-refractivity contribution in [3.8, 4) is 11.1 Å². The number of hydrogen-bond donors (Lipinski definition) is 0. The Morgan fingerprint density at radius 1 is 0.538 bits per heavy atom. The Labute approximate surface area is 387 Å². The summed E-state index contributed by atoms with van der Waals surface area (Å²) in [5, 5.41) is 10.1. The summed E-state index contributed by atoms with van der Waals surface area (Å²) in [6.07, 6.45) is 1.99. The van der Waals surface area contributed by atoms with Gasteiger partial charge in [0.15, 0.2) is 0 Å². The minimum absolute atomic E-state index is 0.159. The standard InChI is InChI=1S/C62H45NS2/c1-37(2)60(40-18-6-5-7-19-40)63-61(39(4)38(3)41-30-32-48-47-24-14-16-28-54(47)64-56(48)36-41)58-50-26-13-12-25-49(50)57(62-59(58)52-27-15-17-29-55(52)65-62)51-33-31-44-34-42-20-8-9-21-43(42)35-53(44)46-23-11-10-22-45(46)51/h5-30,32,34-36,51H,1,3,31,33H2,2,4H3/b61-39-,63-60?. The van der Waals surface area contributed by atoms with Gasteiger partial charge in [0.2, 0.25) is 0 Å². The number of rotatable bonds is 7. The SMILES string of the molecule is C=C(C)C(=N/C(=C(/C)C(=C)c1ccc2c(c1)sc1ccccc12)c1c2ccccc2c(C2CCc3cc4ccccc4cc3-c3ccccc32)c2sc3ccccc3c12)c1ccccc1. The Balaban J connectivity index is 1.16. The molecule has 12 rings (SSSR count). The third-order valence-electron chi connectivity index (χ3n) is 13.7. The summed E-state index contributed by atoms with van der Waals surface area (Å²) >= 11 is 3.77. The van der Waals surface area contributed by atoms with Crippen LogP contribution in [0.15, 0.2) is 211 Å². The molecule has 0 aliphatic heterocycles. The van der Waals surface area contributed by atoms with Crippen LogP contribution < -0.4 is 0 Å². The van der Waals surface area contributed by atoms with Gasteiger partial charge in [-0.1, -0.05) is 171 Å². The van der Waals surface area contributed by atoms with Crippen LogP contribution in [0.1, 0.15) is 59.6 Å². The van der Waals surface area contributed by atoms with E-state index in [9.17, 15) is 0 Å². The average Bonchev–Trinajstić information content (AvgIpc) is 3.87. The highest BCUT2D eigenvalue weighted by Gasteiger charge is 2.31. The highest BCUT2D eigenvalue weighted by atomic mass is 32.1. The number of benzene rings is 9. The van der Waals surface area contributed by atoms with Crippen molar-refractivity contribution in [2.75, 3.05) is 0 Å². The van der Waals surface area contributed by atoms with Gasteiger partial charge in [0.05, 0.1) is 11.4 Å². The normalized spacial score (nSPS) is 14.5. The Kier molecular flexibility index (Phi) is 9.59. The lowest BCUT2D eigenvalue weighted by Gasteiger charge is -2.24. The number of fused-ring (bicyclic) bond motifs is 11. The fourth-order valence-electron chi connectivity index (χ4n) is 10.5. The molecule has 1 aliphatic rings. The van der Waals surface area contributed by atoms with Crippen LogP contribution in [-0.4, -0.2) is 5.71 Å². The van der Waals surface area contributed by atoms with Gasteiger partial charge in [-0.3, -0.25) is 0 Å². The largest absolute Gasteiger partial charge is 0.247 e. The molecule has 0 radical (unpaired) electrons. The topological polar surface area (TPSA) is 12.4 Å².